The van der Waals surface area contributed by atoms with Gasteiger partial charge in [-0.3, -0.25) is 9.69 Å². The Morgan fingerprint density at radius 1 is 1.21 bits per heavy atom. The van der Waals surface area contributed by atoms with Crippen LogP contribution in [0.5, 0.6) is 5.75 Å². The zero-order valence-electron chi connectivity index (χ0n) is 17.1. The van der Waals surface area contributed by atoms with Gasteiger partial charge in [0, 0.05) is 34.6 Å². The van der Waals surface area contributed by atoms with Crippen LogP contribution in [0, 0.1) is 0 Å². The molecule has 1 aliphatic rings. The molecule has 6 heteroatoms. The average molecular weight is 413 g/mol. The monoisotopic (exact) mass is 412 g/mol. The molecule has 1 aromatic carbocycles. The predicted octanol–water partition coefficient (Wildman–Crippen LogP) is 5.00. The molecule has 2 aromatic heterocycles. The Morgan fingerprint density at radius 3 is 2.86 bits per heavy atom. The predicted molar refractivity (Wildman–Crippen MR) is 116 cm³/mol. The number of likely N-dealkylation sites (tertiary alicyclic amines) is 1. The highest BCUT2D eigenvalue weighted by atomic mass is 32.1. The summed E-state index contributed by atoms with van der Waals surface area (Å²) >= 11 is 1.85. The summed E-state index contributed by atoms with van der Waals surface area (Å²) in [6.45, 7) is 2.17. The normalized spacial score (nSPS) is 17.9. The van der Waals surface area contributed by atoms with E-state index < -0.39 is 0 Å². The molecule has 4 rings (SSSR count). The molecule has 0 aliphatic carbocycles. The topological polar surface area (TPSA) is 43.7 Å². The molecule has 1 fully saturated rings. The highest BCUT2D eigenvalue weighted by molar-refractivity contribution is 7.10. The second-order valence-electron chi connectivity index (χ2n) is 7.59. The zero-order valence-corrected chi connectivity index (χ0v) is 17.9. The van der Waals surface area contributed by atoms with Crippen LogP contribution in [-0.2, 0) is 22.6 Å². The van der Waals surface area contributed by atoms with Gasteiger partial charge in [0.2, 0.25) is 0 Å². The van der Waals surface area contributed by atoms with Gasteiger partial charge in [-0.05, 0) is 54.6 Å². The molecule has 0 radical (unpaired) electrons. The fourth-order valence-electron chi connectivity index (χ4n) is 4.32. The summed E-state index contributed by atoms with van der Waals surface area (Å²) in [5.41, 5.74) is 2.26. The molecule has 3 aromatic rings. The van der Waals surface area contributed by atoms with E-state index in [1.165, 1.54) is 43.2 Å². The fraction of sp³-hybridized carbons (Fsp3) is 0.435. The number of carbonyl (C=O) groups excluding carboxylic acids is 1. The number of methoxy groups -OCH3 is 2. The number of carbonyl (C=O) groups is 1. The van der Waals surface area contributed by atoms with Gasteiger partial charge in [0.05, 0.1) is 14.2 Å². The van der Waals surface area contributed by atoms with E-state index in [9.17, 15) is 4.79 Å². The number of esters is 1. The molecule has 0 saturated carbocycles. The summed E-state index contributed by atoms with van der Waals surface area (Å²) in [7, 11) is 3.12. The molecule has 0 bridgehead atoms. The number of nitrogens with zero attached hydrogens (tertiary/aromatic N) is 2. The van der Waals surface area contributed by atoms with Gasteiger partial charge in [-0.15, -0.1) is 11.3 Å². The molecule has 0 unspecified atom stereocenters. The molecule has 0 amide bonds. The van der Waals surface area contributed by atoms with Crippen molar-refractivity contribution in [3.63, 3.8) is 0 Å². The first-order chi connectivity index (χ1) is 14.2. The Labute approximate surface area is 175 Å². The Kier molecular flexibility index (Phi) is 6.21. The standard InChI is InChI=1S/C23H28N2O3S/c1-27-18-9-10-20-19(13-18)17(15-25(20)16-23(26)28-2)14-24-11-5-3-4-7-21(24)22-8-6-12-29-22/h6,8-10,12-13,15,21H,3-5,7,11,14,16H2,1-2H3/t21-/m0/s1. The molecule has 3 heterocycles. The van der Waals surface area contributed by atoms with Crippen molar-refractivity contribution in [2.45, 2.75) is 44.8 Å². The number of rotatable bonds is 6. The molecular formula is C23H28N2O3S. The minimum Gasteiger partial charge on any atom is -0.497 e. The van der Waals surface area contributed by atoms with Crippen LogP contribution in [0.4, 0.5) is 0 Å². The molecule has 1 aliphatic heterocycles. The number of thiophene rings is 1. The van der Waals surface area contributed by atoms with Crippen molar-refractivity contribution in [3.8, 4) is 5.75 Å². The lowest BCUT2D eigenvalue weighted by Gasteiger charge is -2.29. The lowest BCUT2D eigenvalue weighted by atomic mass is 10.1. The van der Waals surface area contributed by atoms with Gasteiger partial charge >= 0.3 is 5.97 Å². The first-order valence-electron chi connectivity index (χ1n) is 10.2. The van der Waals surface area contributed by atoms with Crippen LogP contribution in [0.3, 0.4) is 0 Å². The van der Waals surface area contributed by atoms with Gasteiger partial charge in [-0.2, -0.15) is 0 Å². The van der Waals surface area contributed by atoms with E-state index in [1.54, 1.807) is 7.11 Å². The largest absolute Gasteiger partial charge is 0.497 e. The molecule has 0 spiro atoms. The van der Waals surface area contributed by atoms with E-state index in [0.29, 0.717) is 6.04 Å². The first-order valence-corrected chi connectivity index (χ1v) is 11.1. The van der Waals surface area contributed by atoms with Crippen molar-refractivity contribution in [2.24, 2.45) is 0 Å². The quantitative estimate of drug-likeness (QED) is 0.534. The summed E-state index contributed by atoms with van der Waals surface area (Å²) < 4.78 is 12.4. The number of fused-ring (bicyclic) bond motifs is 1. The van der Waals surface area contributed by atoms with E-state index in [1.807, 2.05) is 28.0 Å². The number of hydrogen-bond donors (Lipinski definition) is 0. The van der Waals surface area contributed by atoms with Gasteiger partial charge < -0.3 is 14.0 Å². The minimum absolute atomic E-state index is 0.216. The Bertz CT molecular complexity index is 964. The summed E-state index contributed by atoms with van der Waals surface area (Å²) in [6, 6.07) is 10.9. The second-order valence-corrected chi connectivity index (χ2v) is 8.57. The van der Waals surface area contributed by atoms with Crippen molar-refractivity contribution >= 4 is 28.2 Å². The number of aromatic nitrogens is 1. The highest BCUT2D eigenvalue weighted by Gasteiger charge is 2.25. The number of hydrogen-bond acceptors (Lipinski definition) is 5. The lowest BCUT2D eigenvalue weighted by Crippen LogP contribution is -2.27. The van der Waals surface area contributed by atoms with E-state index in [-0.39, 0.29) is 12.5 Å². The highest BCUT2D eigenvalue weighted by Crippen LogP contribution is 2.35. The van der Waals surface area contributed by atoms with Crippen LogP contribution in [0.1, 0.15) is 42.2 Å². The van der Waals surface area contributed by atoms with Crippen molar-refractivity contribution in [1.82, 2.24) is 9.47 Å². The van der Waals surface area contributed by atoms with Crippen LogP contribution >= 0.6 is 11.3 Å². The number of ether oxygens (including phenoxy) is 2. The molecule has 0 N–H and O–H groups in total. The van der Waals surface area contributed by atoms with Gasteiger partial charge in [0.25, 0.3) is 0 Å². The van der Waals surface area contributed by atoms with Crippen LogP contribution < -0.4 is 4.74 Å². The van der Waals surface area contributed by atoms with E-state index in [2.05, 4.69) is 34.7 Å². The van der Waals surface area contributed by atoms with Crippen LogP contribution in [0.2, 0.25) is 0 Å². The van der Waals surface area contributed by atoms with Crippen molar-refractivity contribution in [2.75, 3.05) is 20.8 Å². The van der Waals surface area contributed by atoms with Crippen molar-refractivity contribution < 1.29 is 14.3 Å². The van der Waals surface area contributed by atoms with Gasteiger partial charge in [0.15, 0.2) is 0 Å². The Balaban J connectivity index is 1.70. The molecule has 154 valence electrons. The molecule has 5 nitrogen and oxygen atoms in total. The second kappa shape index (κ2) is 9.01. The van der Waals surface area contributed by atoms with Gasteiger partial charge in [-0.25, -0.2) is 0 Å². The SMILES string of the molecule is COC(=O)Cn1cc(CN2CCCCC[C@H]2c2cccs2)c2cc(OC)ccc21. The summed E-state index contributed by atoms with van der Waals surface area (Å²) in [6.07, 6.45) is 7.10. The van der Waals surface area contributed by atoms with Crippen LogP contribution in [0.25, 0.3) is 10.9 Å². The minimum atomic E-state index is -0.240. The third-order valence-electron chi connectivity index (χ3n) is 5.81. The lowest BCUT2D eigenvalue weighted by molar-refractivity contribution is -0.141. The Morgan fingerprint density at radius 2 is 2.10 bits per heavy atom. The molecule has 1 saturated heterocycles. The molecule has 29 heavy (non-hydrogen) atoms. The van der Waals surface area contributed by atoms with Gasteiger partial charge in [0.1, 0.15) is 12.3 Å². The van der Waals surface area contributed by atoms with E-state index >= 15 is 0 Å². The Hall–Kier alpha value is -2.31. The summed E-state index contributed by atoms with van der Waals surface area (Å²) in [4.78, 5) is 16.0. The third kappa shape index (κ3) is 4.33. The van der Waals surface area contributed by atoms with Crippen LogP contribution in [-0.4, -0.2) is 36.2 Å². The van der Waals surface area contributed by atoms with E-state index in [4.69, 9.17) is 9.47 Å². The average Bonchev–Trinajstić information content (AvgIpc) is 3.32. The van der Waals surface area contributed by atoms with Crippen LogP contribution in [0.15, 0.2) is 41.9 Å². The summed E-state index contributed by atoms with van der Waals surface area (Å²) in [5, 5.41) is 3.31. The molecule has 1 atom stereocenters. The van der Waals surface area contributed by atoms with Crippen molar-refractivity contribution in [3.05, 3.63) is 52.3 Å². The van der Waals surface area contributed by atoms with E-state index in [0.717, 1.165) is 29.7 Å². The first kappa shape index (κ1) is 20.0. The molecular weight excluding hydrogens is 384 g/mol. The van der Waals surface area contributed by atoms with Gasteiger partial charge in [-0.1, -0.05) is 18.9 Å². The maximum absolute atomic E-state index is 11.9. The fourth-order valence-corrected chi connectivity index (χ4v) is 5.21. The zero-order chi connectivity index (χ0) is 20.2. The smallest absolute Gasteiger partial charge is 0.325 e. The third-order valence-corrected chi connectivity index (χ3v) is 6.78. The maximum atomic E-state index is 11.9. The van der Waals surface area contributed by atoms with Crippen molar-refractivity contribution in [1.29, 1.82) is 0 Å². The maximum Gasteiger partial charge on any atom is 0.325 e. The number of benzene rings is 1. The summed E-state index contributed by atoms with van der Waals surface area (Å²) in [5.74, 6) is 0.593.